The molecule has 0 radical (unpaired) electrons. The molecule has 0 aliphatic carbocycles. The fourth-order valence-electron chi connectivity index (χ4n) is 0.811. The molecule has 16 heavy (non-hydrogen) atoms. The summed E-state index contributed by atoms with van der Waals surface area (Å²) in [5, 5.41) is -0.722. The van der Waals surface area contributed by atoms with Crippen molar-refractivity contribution in [2.45, 2.75) is 16.7 Å². The van der Waals surface area contributed by atoms with E-state index in [1.54, 1.807) is 0 Å². The lowest BCUT2D eigenvalue weighted by atomic mass is 10.3. The van der Waals surface area contributed by atoms with Gasteiger partial charge in [-0.1, -0.05) is 0 Å². The Hall–Kier alpha value is -0.190. The van der Waals surface area contributed by atoms with Crippen LogP contribution in [-0.2, 0) is 6.18 Å². The minimum Gasteiger partial charge on any atom is -0.249 e. The Balaban J connectivity index is 3.09. The van der Waals surface area contributed by atoms with Gasteiger partial charge in [0.25, 0.3) is 0 Å². The largest absolute Gasteiger partial charge is 0.447 e. The molecular formula is C7H2F6INS. The predicted octanol–water partition coefficient (Wildman–Crippen LogP) is 4.32. The Bertz CT molecular complexity index is 387. The lowest BCUT2D eigenvalue weighted by Gasteiger charge is -2.11. The van der Waals surface area contributed by atoms with Crippen LogP contribution in [0.25, 0.3) is 0 Å². The van der Waals surface area contributed by atoms with E-state index in [-0.39, 0.29) is 3.57 Å². The predicted molar refractivity (Wildman–Crippen MR) is 53.9 cm³/mol. The van der Waals surface area contributed by atoms with Crippen molar-refractivity contribution in [2.24, 2.45) is 0 Å². The van der Waals surface area contributed by atoms with Crippen molar-refractivity contribution >= 4 is 34.4 Å². The molecule has 90 valence electrons. The van der Waals surface area contributed by atoms with E-state index in [1.807, 2.05) is 0 Å². The molecule has 0 saturated heterocycles. The third kappa shape index (κ3) is 4.00. The van der Waals surface area contributed by atoms with Gasteiger partial charge in [0, 0.05) is 21.5 Å². The molecule has 0 saturated carbocycles. The maximum Gasteiger partial charge on any atom is 0.447 e. The van der Waals surface area contributed by atoms with Gasteiger partial charge in [0.15, 0.2) is 0 Å². The second-order valence-corrected chi connectivity index (χ2v) is 4.80. The maximum atomic E-state index is 12.3. The molecule has 1 aromatic rings. The second kappa shape index (κ2) is 4.59. The topological polar surface area (TPSA) is 12.9 Å². The summed E-state index contributed by atoms with van der Waals surface area (Å²) in [6.45, 7) is 0. The maximum absolute atomic E-state index is 12.3. The van der Waals surface area contributed by atoms with Gasteiger partial charge in [-0.25, -0.2) is 4.98 Å². The minimum absolute atomic E-state index is 0.239. The minimum atomic E-state index is -4.68. The number of pyridine rings is 1. The average Bonchev–Trinajstić information content (AvgIpc) is 2.04. The first-order valence-corrected chi connectivity index (χ1v) is 5.47. The van der Waals surface area contributed by atoms with Gasteiger partial charge < -0.3 is 0 Å². The van der Waals surface area contributed by atoms with Gasteiger partial charge in [-0.3, -0.25) is 0 Å². The van der Waals surface area contributed by atoms with Crippen molar-refractivity contribution in [1.29, 1.82) is 0 Å². The summed E-state index contributed by atoms with van der Waals surface area (Å²) in [7, 11) is 0. The fraction of sp³-hybridized carbons (Fsp3) is 0.286. The van der Waals surface area contributed by atoms with Gasteiger partial charge in [-0.05, 0) is 28.7 Å². The number of hydrogen-bond donors (Lipinski definition) is 0. The Labute approximate surface area is 104 Å². The van der Waals surface area contributed by atoms with Crippen LogP contribution in [0.2, 0.25) is 0 Å². The molecule has 0 aromatic carbocycles. The monoisotopic (exact) mass is 373 g/mol. The van der Waals surface area contributed by atoms with Crippen LogP contribution in [0.3, 0.4) is 0 Å². The lowest BCUT2D eigenvalue weighted by molar-refractivity contribution is -0.138. The van der Waals surface area contributed by atoms with Crippen LogP contribution in [0.15, 0.2) is 17.3 Å². The Morgan fingerprint density at radius 1 is 1.12 bits per heavy atom. The first-order chi connectivity index (χ1) is 7.09. The summed E-state index contributed by atoms with van der Waals surface area (Å²) in [6, 6.07) is 0.389. The van der Waals surface area contributed by atoms with E-state index in [4.69, 9.17) is 0 Å². The summed E-state index contributed by atoms with van der Waals surface area (Å²) in [4.78, 5) is 3.27. The van der Waals surface area contributed by atoms with E-state index < -0.39 is 34.0 Å². The van der Waals surface area contributed by atoms with Crippen LogP contribution in [0.1, 0.15) is 5.56 Å². The summed E-state index contributed by atoms with van der Waals surface area (Å²) in [5.74, 6) is 0. The van der Waals surface area contributed by atoms with Crippen LogP contribution >= 0.6 is 34.4 Å². The zero-order chi connectivity index (χ0) is 12.6. The summed E-state index contributed by atoms with van der Waals surface area (Å²) < 4.78 is 72.5. The van der Waals surface area contributed by atoms with Crippen LogP contribution in [-0.4, -0.2) is 10.5 Å². The molecule has 0 aliphatic heterocycles. The molecule has 0 unspecified atom stereocenters. The number of rotatable bonds is 1. The van der Waals surface area contributed by atoms with E-state index in [1.165, 1.54) is 22.6 Å². The van der Waals surface area contributed by atoms with E-state index >= 15 is 0 Å². The molecule has 1 rings (SSSR count). The molecule has 1 aromatic heterocycles. The number of hydrogen-bond acceptors (Lipinski definition) is 2. The Morgan fingerprint density at radius 2 is 1.69 bits per heavy atom. The molecule has 9 heteroatoms. The molecule has 0 spiro atoms. The quantitative estimate of drug-likeness (QED) is 0.413. The molecule has 0 aliphatic rings. The molecule has 0 fully saturated rings. The Morgan fingerprint density at radius 3 is 2.12 bits per heavy atom. The summed E-state index contributed by atoms with van der Waals surface area (Å²) in [6.07, 6.45) is -3.92. The van der Waals surface area contributed by atoms with Crippen molar-refractivity contribution in [1.82, 2.24) is 4.98 Å². The van der Waals surface area contributed by atoms with Crippen LogP contribution < -0.4 is 0 Å². The van der Waals surface area contributed by atoms with Gasteiger partial charge >= 0.3 is 11.7 Å². The fourth-order valence-corrected chi connectivity index (χ4v) is 1.93. The van der Waals surface area contributed by atoms with Gasteiger partial charge in [0.05, 0.1) is 5.56 Å². The number of thioether (sulfide) groups is 1. The van der Waals surface area contributed by atoms with E-state index in [0.29, 0.717) is 6.07 Å². The van der Waals surface area contributed by atoms with Crippen molar-refractivity contribution in [3.8, 4) is 0 Å². The number of alkyl halides is 6. The number of aromatic nitrogens is 1. The number of nitrogens with zero attached hydrogens (tertiary/aromatic N) is 1. The first-order valence-electron chi connectivity index (χ1n) is 3.58. The normalized spacial score (nSPS) is 12.9. The van der Waals surface area contributed by atoms with Crippen molar-refractivity contribution in [3.05, 3.63) is 21.4 Å². The molecule has 1 heterocycles. The molecule has 1 nitrogen and oxygen atoms in total. The zero-order valence-corrected chi connectivity index (χ0v) is 10.1. The van der Waals surface area contributed by atoms with Gasteiger partial charge in [-0.2, -0.15) is 26.3 Å². The average molecular weight is 373 g/mol. The highest BCUT2D eigenvalue weighted by Crippen LogP contribution is 2.39. The van der Waals surface area contributed by atoms with Gasteiger partial charge in [0.1, 0.15) is 5.03 Å². The van der Waals surface area contributed by atoms with Gasteiger partial charge in [-0.15, -0.1) is 0 Å². The zero-order valence-electron chi connectivity index (χ0n) is 7.16. The first kappa shape index (κ1) is 13.9. The van der Waals surface area contributed by atoms with Crippen LogP contribution in [0, 0.1) is 3.57 Å². The van der Waals surface area contributed by atoms with Crippen molar-refractivity contribution in [3.63, 3.8) is 0 Å². The second-order valence-electron chi connectivity index (χ2n) is 2.55. The highest BCUT2D eigenvalue weighted by Gasteiger charge is 2.35. The van der Waals surface area contributed by atoms with Crippen molar-refractivity contribution < 1.29 is 26.3 Å². The standard InChI is InChI=1S/C7H2F6INS/c8-6(9,10)3-1-5(15-2-4(3)14)16-7(11,12)13/h1-2H. The molecule has 0 amide bonds. The highest BCUT2D eigenvalue weighted by atomic mass is 127. The van der Waals surface area contributed by atoms with E-state index in [2.05, 4.69) is 4.98 Å². The Kier molecular flexibility index (Phi) is 3.98. The summed E-state index contributed by atoms with van der Waals surface area (Å²) >= 11 is 0.692. The molecular weight excluding hydrogens is 371 g/mol. The van der Waals surface area contributed by atoms with Crippen LogP contribution in [0.5, 0.6) is 0 Å². The lowest BCUT2D eigenvalue weighted by Crippen LogP contribution is -2.09. The number of halogens is 7. The third-order valence-corrected chi connectivity index (χ3v) is 2.88. The molecule has 0 atom stereocenters. The van der Waals surface area contributed by atoms with E-state index in [9.17, 15) is 26.3 Å². The highest BCUT2D eigenvalue weighted by molar-refractivity contribution is 14.1. The smallest absolute Gasteiger partial charge is 0.249 e. The molecule has 0 bridgehead atoms. The van der Waals surface area contributed by atoms with Crippen LogP contribution in [0.4, 0.5) is 26.3 Å². The van der Waals surface area contributed by atoms with Crippen molar-refractivity contribution in [2.75, 3.05) is 0 Å². The van der Waals surface area contributed by atoms with Gasteiger partial charge in [0.2, 0.25) is 0 Å². The SMILES string of the molecule is FC(F)(F)Sc1cc(C(F)(F)F)c(I)cn1. The summed E-state index contributed by atoms with van der Waals surface area (Å²) in [5.41, 5.74) is -5.77. The molecule has 0 N–H and O–H groups in total. The van der Waals surface area contributed by atoms with E-state index in [0.717, 1.165) is 6.20 Å². The third-order valence-electron chi connectivity index (χ3n) is 1.36.